The summed E-state index contributed by atoms with van der Waals surface area (Å²) in [5, 5.41) is 0.984. The van der Waals surface area contributed by atoms with Crippen LogP contribution in [0.4, 0.5) is 11.4 Å². The Morgan fingerprint density at radius 1 is 0.600 bits per heavy atom. The first-order chi connectivity index (χ1) is 15.2. The monoisotopic (exact) mass is 530 g/mol. The molecule has 4 unspecified atom stereocenters. The Morgan fingerprint density at radius 2 is 0.886 bits per heavy atom. The summed E-state index contributed by atoms with van der Waals surface area (Å²) in [5.74, 6) is 3.71. The van der Waals surface area contributed by atoms with Crippen LogP contribution in [0.5, 0.6) is 0 Å². The first-order valence-electron chi connectivity index (χ1n) is 12.0. The Balaban J connectivity index is 0. The molecular formula is C31H53N2SSc-3. The molecule has 0 aliphatic heterocycles. The molecule has 1 aliphatic carbocycles. The van der Waals surface area contributed by atoms with Crippen molar-refractivity contribution in [2.75, 3.05) is 56.8 Å². The molecule has 2 aromatic carbocycles. The summed E-state index contributed by atoms with van der Waals surface area (Å²) in [4.78, 5) is 4.12. The molecule has 1 radical (unpaired) electrons. The second-order valence-corrected chi connectivity index (χ2v) is 15.3. The van der Waals surface area contributed by atoms with E-state index in [4.69, 9.17) is 0 Å². The average Bonchev–Trinajstić information content (AvgIpc) is 2.92. The van der Waals surface area contributed by atoms with E-state index in [2.05, 4.69) is 82.2 Å². The van der Waals surface area contributed by atoms with Gasteiger partial charge in [0, 0.05) is 25.8 Å². The van der Waals surface area contributed by atoms with Crippen LogP contribution in [0, 0.1) is 44.9 Å². The molecule has 199 valence electrons. The molecule has 0 N–H and O–H groups in total. The third kappa shape index (κ3) is 10.5. The zero-order valence-corrected chi connectivity index (χ0v) is 27.4. The van der Waals surface area contributed by atoms with Crippen molar-refractivity contribution < 1.29 is 25.8 Å². The maximum absolute atomic E-state index is 3.90. The standard InChI is InChI=1S/C12H26S.2C9H12N.CH3.Sc/c1-8-9(2)11(4)12(10(8)3)13(5,6)7;2*1-8-6-4-5-7-9(8)10(2)3;;/h8-12H,1-7H3;2*4-7H,1H2,2-3H3;1H3;/q;3*-1;. The summed E-state index contributed by atoms with van der Waals surface area (Å²) in [5.41, 5.74) is 4.52. The summed E-state index contributed by atoms with van der Waals surface area (Å²) < 4.78 is 0. The predicted octanol–water partition coefficient (Wildman–Crippen LogP) is 7.92. The fourth-order valence-corrected chi connectivity index (χ4v) is 8.29. The van der Waals surface area contributed by atoms with Crippen LogP contribution in [0.25, 0.3) is 0 Å². The third-order valence-corrected chi connectivity index (χ3v) is 9.78. The van der Waals surface area contributed by atoms with Gasteiger partial charge < -0.3 is 17.2 Å². The molecule has 2 aromatic rings. The van der Waals surface area contributed by atoms with Crippen molar-refractivity contribution >= 4 is 21.4 Å². The molecular weight excluding hydrogens is 477 g/mol. The maximum Gasteiger partial charge on any atom is 0 e. The molecule has 4 heteroatoms. The number of nitrogens with zero attached hydrogens (tertiary/aromatic N) is 2. The van der Waals surface area contributed by atoms with Gasteiger partial charge in [-0.1, -0.05) is 63.3 Å². The zero-order valence-electron chi connectivity index (χ0n) is 24.8. The van der Waals surface area contributed by atoms with Crippen molar-refractivity contribution in [3.8, 4) is 0 Å². The second kappa shape index (κ2) is 16.0. The molecule has 0 amide bonds. The summed E-state index contributed by atoms with van der Waals surface area (Å²) >= 11 is 0. The summed E-state index contributed by atoms with van der Waals surface area (Å²) in [7, 11) is 7.70. The van der Waals surface area contributed by atoms with E-state index in [-0.39, 0.29) is 43.3 Å². The van der Waals surface area contributed by atoms with E-state index in [0.29, 0.717) is 0 Å². The number of hydrogen-bond acceptors (Lipinski definition) is 2. The van der Waals surface area contributed by atoms with Crippen LogP contribution in [0.3, 0.4) is 0 Å². The minimum atomic E-state index is -0.367. The molecule has 35 heavy (non-hydrogen) atoms. The Labute approximate surface area is 240 Å². The van der Waals surface area contributed by atoms with Gasteiger partial charge >= 0.3 is 0 Å². The molecule has 1 saturated carbocycles. The van der Waals surface area contributed by atoms with Crippen molar-refractivity contribution in [1.29, 1.82) is 0 Å². The van der Waals surface area contributed by atoms with Crippen molar-refractivity contribution in [2.24, 2.45) is 23.7 Å². The van der Waals surface area contributed by atoms with Gasteiger partial charge in [0.05, 0.1) is 0 Å². The van der Waals surface area contributed by atoms with Gasteiger partial charge in [-0.3, -0.25) is 0 Å². The molecule has 3 rings (SSSR count). The Hall–Kier alpha value is -1.000. The maximum atomic E-state index is 3.90. The molecule has 0 aromatic heterocycles. The van der Waals surface area contributed by atoms with Crippen molar-refractivity contribution in [3.05, 3.63) is 80.9 Å². The molecule has 1 fully saturated rings. The van der Waals surface area contributed by atoms with Crippen LogP contribution >= 0.6 is 10.0 Å². The van der Waals surface area contributed by atoms with E-state index in [9.17, 15) is 0 Å². The first kappa shape index (κ1) is 36.2. The van der Waals surface area contributed by atoms with E-state index in [1.807, 2.05) is 64.6 Å². The van der Waals surface area contributed by atoms with Gasteiger partial charge in [0.25, 0.3) is 0 Å². The second-order valence-electron chi connectivity index (χ2n) is 10.9. The number of hydrogen-bond donors (Lipinski definition) is 0. The van der Waals surface area contributed by atoms with Gasteiger partial charge in [-0.2, -0.15) is 37.1 Å². The Morgan fingerprint density at radius 3 is 1.06 bits per heavy atom. The van der Waals surface area contributed by atoms with Crippen molar-refractivity contribution in [2.45, 2.75) is 32.9 Å². The predicted molar refractivity (Wildman–Crippen MR) is 163 cm³/mol. The fraction of sp³-hybridized carbons (Fsp3) is 0.516. The van der Waals surface area contributed by atoms with E-state index < -0.39 is 0 Å². The Bertz CT molecular complexity index is 780. The molecule has 4 atom stereocenters. The van der Waals surface area contributed by atoms with Crippen LogP contribution in [0.2, 0.25) is 0 Å². The molecule has 2 nitrogen and oxygen atoms in total. The van der Waals surface area contributed by atoms with Gasteiger partial charge in [-0.25, -0.2) is 10.0 Å². The van der Waals surface area contributed by atoms with Crippen LogP contribution in [0.15, 0.2) is 48.5 Å². The van der Waals surface area contributed by atoms with E-state index in [0.717, 1.165) is 40.0 Å². The quantitative estimate of drug-likeness (QED) is 0.372. The number of rotatable bonds is 3. The summed E-state index contributed by atoms with van der Waals surface area (Å²) in [6.45, 7) is 17.6. The molecule has 0 saturated heterocycles. The van der Waals surface area contributed by atoms with Gasteiger partial charge in [0.15, 0.2) is 0 Å². The van der Waals surface area contributed by atoms with Gasteiger partial charge in [-0.15, -0.1) is 12.1 Å². The van der Waals surface area contributed by atoms with Gasteiger partial charge in [0.1, 0.15) is 0 Å². The number of para-hydroxylation sites is 2. The summed E-state index contributed by atoms with van der Waals surface area (Å²) in [6, 6.07) is 16.2. The van der Waals surface area contributed by atoms with Crippen molar-refractivity contribution in [1.82, 2.24) is 0 Å². The van der Waals surface area contributed by atoms with Gasteiger partial charge in [-0.05, 0) is 75.9 Å². The zero-order chi connectivity index (χ0) is 25.5. The average molecular weight is 531 g/mol. The third-order valence-electron chi connectivity index (χ3n) is 7.29. The van der Waals surface area contributed by atoms with Crippen LogP contribution < -0.4 is 9.80 Å². The SMILES string of the molecule is CC1C(C)C(C)C(S(C)(C)C)C1C.[CH2-]c1ccccc1N(C)C.[CH2-]c1ccccc1N(C)C.[CH3-].[Sc]. The minimum Gasteiger partial charge on any atom is -0.428 e. The molecule has 1 aliphatic rings. The largest absolute Gasteiger partial charge is 0.428 e. The van der Waals surface area contributed by atoms with E-state index >= 15 is 0 Å². The number of benzene rings is 2. The van der Waals surface area contributed by atoms with Crippen LogP contribution in [-0.2, 0) is 25.8 Å². The van der Waals surface area contributed by atoms with E-state index in [1.165, 1.54) is 11.4 Å². The van der Waals surface area contributed by atoms with Crippen LogP contribution in [-0.4, -0.2) is 52.2 Å². The number of anilines is 2. The first-order valence-corrected chi connectivity index (χ1v) is 15.0. The fourth-order valence-electron chi connectivity index (χ4n) is 5.22. The van der Waals surface area contributed by atoms with Crippen molar-refractivity contribution in [3.63, 3.8) is 0 Å². The summed E-state index contributed by atoms with van der Waals surface area (Å²) in [6.07, 6.45) is 7.44. The normalized spacial score (nSPS) is 23.2. The van der Waals surface area contributed by atoms with Crippen LogP contribution in [0.1, 0.15) is 38.8 Å². The minimum absolute atomic E-state index is 0. The van der Waals surface area contributed by atoms with Gasteiger partial charge in [0.2, 0.25) is 0 Å². The molecule has 0 bridgehead atoms. The molecule has 0 spiro atoms. The topological polar surface area (TPSA) is 6.48 Å². The smallest absolute Gasteiger partial charge is 0 e. The van der Waals surface area contributed by atoms with E-state index in [1.54, 1.807) is 0 Å². The molecule has 0 heterocycles. The Kier molecular flexibility index (Phi) is 16.5.